The number of phosphoric acid groups is 1. The van der Waals surface area contributed by atoms with Gasteiger partial charge in [-0.2, -0.15) is 0 Å². The van der Waals surface area contributed by atoms with Crippen molar-refractivity contribution in [3.8, 4) is 0 Å². The summed E-state index contributed by atoms with van der Waals surface area (Å²) in [7, 11) is -4.37. The molecule has 0 unspecified atom stereocenters. The van der Waals surface area contributed by atoms with Gasteiger partial charge in [-0.15, -0.1) is 0 Å². The number of rotatable bonds is 11. The van der Waals surface area contributed by atoms with E-state index >= 15 is 0 Å². The van der Waals surface area contributed by atoms with Gasteiger partial charge in [0.25, 0.3) is 0 Å². The van der Waals surface area contributed by atoms with Crippen LogP contribution in [0.5, 0.6) is 0 Å². The van der Waals surface area contributed by atoms with Crippen molar-refractivity contribution in [2.45, 2.75) is 149 Å². The third kappa shape index (κ3) is 11.0. The Labute approximate surface area is 251 Å². The fraction of sp³-hybridized carbons (Fsp3) is 0.667. The van der Waals surface area contributed by atoms with Gasteiger partial charge in [-0.05, 0) is 67.9 Å². The summed E-state index contributed by atoms with van der Waals surface area (Å²) in [4.78, 5) is 17.8. The molecule has 0 atom stereocenters. The van der Waals surface area contributed by atoms with Crippen LogP contribution in [0, 0.1) is 0 Å². The molecule has 0 fully saturated rings. The largest absolute Gasteiger partial charge is 0.469 e. The first-order chi connectivity index (χ1) is 18.5. The summed E-state index contributed by atoms with van der Waals surface area (Å²) in [6, 6.07) is 14.4. The molecule has 0 radical (unpaired) electrons. The van der Waals surface area contributed by atoms with Gasteiger partial charge in [-0.25, -0.2) is 4.57 Å². The third-order valence-corrected chi connectivity index (χ3v) is 8.62. The standard InChI is InChI=1S/C36H59O4P/c1-33(2,3)26-19-21-29(31(24-26)35(7,8)9)28(18-16-14-13-15-17-23-40-41(37,38)39)30-22-20-27(34(4,5)6)25-32(30)36(10,11)12/h19-22,24-25,28H,13-18,23H2,1-12H3,(H2,37,38,39). The van der Waals surface area contributed by atoms with Crippen LogP contribution in [0.1, 0.15) is 161 Å². The summed E-state index contributed by atoms with van der Waals surface area (Å²) in [6.45, 7) is 27.9. The number of unbranched alkanes of at least 4 members (excludes halogenated alkanes) is 4. The van der Waals surface area contributed by atoms with Crippen LogP contribution in [0.4, 0.5) is 0 Å². The summed E-state index contributed by atoms with van der Waals surface area (Å²) in [6.07, 6.45) is 5.85. The Hall–Kier alpha value is -1.45. The molecule has 0 saturated carbocycles. The van der Waals surface area contributed by atoms with Crippen LogP contribution in [0.15, 0.2) is 36.4 Å². The number of benzene rings is 2. The SMILES string of the molecule is CC(C)(C)c1ccc(C(CCCCCCCOP(=O)(O)O)c2ccc(C(C)(C)C)cc2C(C)(C)C)c(C(C)(C)C)c1. The highest BCUT2D eigenvalue weighted by Crippen LogP contribution is 2.43. The van der Waals surface area contributed by atoms with Crippen LogP contribution in [0.3, 0.4) is 0 Å². The van der Waals surface area contributed by atoms with Crippen molar-refractivity contribution >= 4 is 7.82 Å². The van der Waals surface area contributed by atoms with Gasteiger partial charge < -0.3 is 9.79 Å². The zero-order chi connectivity index (χ0) is 31.4. The molecule has 0 spiro atoms. The topological polar surface area (TPSA) is 66.8 Å². The lowest BCUT2D eigenvalue weighted by Gasteiger charge is -2.34. The molecule has 232 valence electrons. The van der Waals surface area contributed by atoms with Crippen LogP contribution >= 0.6 is 7.82 Å². The van der Waals surface area contributed by atoms with Crippen molar-refractivity contribution in [2.75, 3.05) is 6.61 Å². The number of phosphoric ester groups is 1. The lowest BCUT2D eigenvalue weighted by molar-refractivity contribution is 0.193. The maximum atomic E-state index is 10.9. The highest BCUT2D eigenvalue weighted by Gasteiger charge is 2.30. The van der Waals surface area contributed by atoms with Gasteiger partial charge in [-0.3, -0.25) is 4.52 Å². The van der Waals surface area contributed by atoms with Gasteiger partial charge in [0.1, 0.15) is 0 Å². The summed E-state index contributed by atoms with van der Waals surface area (Å²) >= 11 is 0. The Bertz CT molecular complexity index is 1100. The van der Waals surface area contributed by atoms with Gasteiger partial charge in [-0.1, -0.05) is 145 Å². The fourth-order valence-electron chi connectivity index (χ4n) is 5.60. The van der Waals surface area contributed by atoms with Gasteiger partial charge in [0, 0.05) is 5.92 Å². The second-order valence-electron chi connectivity index (χ2n) is 16.0. The molecule has 2 aromatic rings. The molecule has 0 saturated heterocycles. The van der Waals surface area contributed by atoms with Gasteiger partial charge in [0.05, 0.1) is 6.61 Å². The number of hydrogen-bond donors (Lipinski definition) is 2. The van der Waals surface area contributed by atoms with Crippen molar-refractivity contribution in [1.82, 2.24) is 0 Å². The van der Waals surface area contributed by atoms with E-state index < -0.39 is 7.82 Å². The molecule has 41 heavy (non-hydrogen) atoms. The van der Waals surface area contributed by atoms with E-state index in [9.17, 15) is 4.57 Å². The summed E-state index contributed by atoms with van der Waals surface area (Å²) in [5.41, 5.74) is 8.70. The molecular formula is C36H59O4P. The summed E-state index contributed by atoms with van der Waals surface area (Å²) in [5, 5.41) is 0. The molecule has 2 rings (SSSR count). The van der Waals surface area contributed by atoms with Crippen LogP contribution in [-0.2, 0) is 30.7 Å². The second kappa shape index (κ2) is 13.5. The Morgan fingerprint density at radius 3 is 1.37 bits per heavy atom. The van der Waals surface area contributed by atoms with E-state index in [0.29, 0.717) is 12.3 Å². The minimum atomic E-state index is -4.37. The van der Waals surface area contributed by atoms with Gasteiger partial charge in [0.2, 0.25) is 0 Å². The van der Waals surface area contributed by atoms with E-state index in [4.69, 9.17) is 9.79 Å². The molecule has 0 amide bonds. The summed E-state index contributed by atoms with van der Waals surface area (Å²) in [5.74, 6) is 0.291. The quantitative estimate of drug-likeness (QED) is 0.203. The lowest BCUT2D eigenvalue weighted by atomic mass is 9.70. The normalized spacial score (nSPS) is 13.7. The smallest absolute Gasteiger partial charge is 0.303 e. The van der Waals surface area contributed by atoms with E-state index in [-0.39, 0.29) is 28.3 Å². The van der Waals surface area contributed by atoms with Crippen molar-refractivity contribution in [2.24, 2.45) is 0 Å². The zero-order valence-electron chi connectivity index (χ0n) is 28.1. The maximum absolute atomic E-state index is 10.9. The average Bonchev–Trinajstić information content (AvgIpc) is 2.79. The minimum Gasteiger partial charge on any atom is -0.303 e. The fourth-order valence-corrected chi connectivity index (χ4v) is 5.96. The zero-order valence-corrected chi connectivity index (χ0v) is 29.0. The second-order valence-corrected chi connectivity index (χ2v) is 17.3. The van der Waals surface area contributed by atoms with Crippen LogP contribution in [0.2, 0.25) is 0 Å². The van der Waals surface area contributed by atoms with Crippen molar-refractivity contribution in [1.29, 1.82) is 0 Å². The molecule has 5 heteroatoms. The Balaban J connectivity index is 2.52. The first kappa shape index (κ1) is 35.7. The van der Waals surface area contributed by atoms with Gasteiger partial charge >= 0.3 is 7.82 Å². The highest BCUT2D eigenvalue weighted by molar-refractivity contribution is 7.46. The predicted octanol–water partition coefficient (Wildman–Crippen LogP) is 10.5. The Morgan fingerprint density at radius 2 is 1.00 bits per heavy atom. The predicted molar refractivity (Wildman–Crippen MR) is 175 cm³/mol. The van der Waals surface area contributed by atoms with Gasteiger partial charge in [0.15, 0.2) is 0 Å². The molecule has 0 aliphatic carbocycles. The summed E-state index contributed by atoms with van der Waals surface area (Å²) < 4.78 is 15.5. The van der Waals surface area contributed by atoms with E-state index in [2.05, 4.69) is 124 Å². The average molecular weight is 587 g/mol. The molecule has 0 bridgehead atoms. The Morgan fingerprint density at radius 1 is 0.610 bits per heavy atom. The minimum absolute atomic E-state index is 0.0148. The molecule has 0 aliphatic heterocycles. The molecule has 2 aromatic carbocycles. The van der Waals surface area contributed by atoms with Crippen molar-refractivity contribution in [3.05, 3.63) is 69.8 Å². The number of hydrogen-bond acceptors (Lipinski definition) is 2. The molecule has 4 nitrogen and oxygen atoms in total. The highest BCUT2D eigenvalue weighted by atomic mass is 31.2. The maximum Gasteiger partial charge on any atom is 0.469 e. The molecular weight excluding hydrogens is 527 g/mol. The van der Waals surface area contributed by atoms with E-state index in [1.165, 1.54) is 33.4 Å². The Kier molecular flexibility index (Phi) is 11.7. The first-order valence-corrected chi connectivity index (χ1v) is 17.0. The van der Waals surface area contributed by atoms with E-state index in [0.717, 1.165) is 32.1 Å². The lowest BCUT2D eigenvalue weighted by Crippen LogP contribution is -2.23. The monoisotopic (exact) mass is 586 g/mol. The molecule has 0 aromatic heterocycles. The van der Waals surface area contributed by atoms with E-state index in [1.807, 2.05) is 0 Å². The first-order valence-electron chi connectivity index (χ1n) is 15.5. The molecule has 0 aliphatic rings. The molecule has 2 N–H and O–H groups in total. The van der Waals surface area contributed by atoms with Crippen LogP contribution in [-0.4, -0.2) is 16.4 Å². The van der Waals surface area contributed by atoms with Crippen LogP contribution < -0.4 is 0 Å². The van der Waals surface area contributed by atoms with E-state index in [1.54, 1.807) is 0 Å². The van der Waals surface area contributed by atoms with Crippen LogP contribution in [0.25, 0.3) is 0 Å². The van der Waals surface area contributed by atoms with Crippen molar-refractivity contribution in [3.63, 3.8) is 0 Å². The van der Waals surface area contributed by atoms with Crippen molar-refractivity contribution < 1.29 is 18.9 Å². The third-order valence-electron chi connectivity index (χ3n) is 8.10. The molecule has 0 heterocycles.